The molecule has 0 bridgehead atoms. The standard InChI is InChI=1S/C9H10F3NO2/c1-14-8-4-6(2-3-7(8)13)15-5-9(10,11)12/h2-4H,5,13H2,1H3. The number of ether oxygens (including phenoxy) is 2. The molecular formula is C9H10F3NO2. The summed E-state index contributed by atoms with van der Waals surface area (Å²) in [5.41, 5.74) is 5.82. The predicted molar refractivity (Wildman–Crippen MR) is 49.0 cm³/mol. The maximum atomic E-state index is 11.8. The number of hydrogen-bond acceptors (Lipinski definition) is 3. The van der Waals surface area contributed by atoms with Crippen LogP contribution in [0, 0.1) is 0 Å². The Bertz CT molecular complexity index is 339. The van der Waals surface area contributed by atoms with Gasteiger partial charge in [-0.25, -0.2) is 0 Å². The Morgan fingerprint density at radius 1 is 1.33 bits per heavy atom. The predicted octanol–water partition coefficient (Wildman–Crippen LogP) is 2.22. The summed E-state index contributed by atoms with van der Waals surface area (Å²) < 4.78 is 44.8. The van der Waals surface area contributed by atoms with Crippen molar-refractivity contribution in [1.29, 1.82) is 0 Å². The topological polar surface area (TPSA) is 44.5 Å². The molecule has 3 nitrogen and oxygen atoms in total. The Hall–Kier alpha value is -1.59. The van der Waals surface area contributed by atoms with E-state index in [-0.39, 0.29) is 11.5 Å². The molecule has 0 saturated heterocycles. The molecule has 0 unspecified atom stereocenters. The molecule has 0 aliphatic carbocycles. The minimum Gasteiger partial charge on any atom is -0.494 e. The Morgan fingerprint density at radius 3 is 2.53 bits per heavy atom. The lowest BCUT2D eigenvalue weighted by Gasteiger charge is -2.11. The minimum atomic E-state index is -4.35. The molecule has 0 aromatic heterocycles. The van der Waals surface area contributed by atoms with Crippen molar-refractivity contribution in [2.45, 2.75) is 6.18 Å². The molecule has 0 aliphatic heterocycles. The fourth-order valence-corrected chi connectivity index (χ4v) is 0.946. The molecule has 2 N–H and O–H groups in total. The van der Waals surface area contributed by atoms with Crippen molar-refractivity contribution in [3.05, 3.63) is 18.2 Å². The second kappa shape index (κ2) is 4.29. The number of alkyl halides is 3. The van der Waals surface area contributed by atoms with E-state index >= 15 is 0 Å². The maximum Gasteiger partial charge on any atom is 0.422 e. The van der Waals surface area contributed by atoms with Crippen LogP contribution in [-0.2, 0) is 0 Å². The number of nitrogen functional groups attached to an aromatic ring is 1. The second-order valence-electron chi connectivity index (χ2n) is 2.81. The second-order valence-corrected chi connectivity index (χ2v) is 2.81. The molecule has 0 amide bonds. The van der Waals surface area contributed by atoms with Gasteiger partial charge < -0.3 is 15.2 Å². The molecule has 1 aromatic carbocycles. The van der Waals surface area contributed by atoms with Crippen molar-refractivity contribution in [1.82, 2.24) is 0 Å². The molecule has 6 heteroatoms. The first-order chi connectivity index (χ1) is 6.92. The number of methoxy groups -OCH3 is 1. The minimum absolute atomic E-state index is 0.0679. The lowest BCUT2D eigenvalue weighted by Crippen LogP contribution is -2.19. The first-order valence-corrected chi connectivity index (χ1v) is 4.05. The van der Waals surface area contributed by atoms with Crippen molar-refractivity contribution in [2.75, 3.05) is 19.5 Å². The smallest absolute Gasteiger partial charge is 0.422 e. The lowest BCUT2D eigenvalue weighted by molar-refractivity contribution is -0.153. The Kier molecular flexibility index (Phi) is 3.28. The van der Waals surface area contributed by atoms with Gasteiger partial charge in [0.25, 0.3) is 0 Å². The van der Waals surface area contributed by atoms with E-state index in [0.717, 1.165) is 0 Å². The highest BCUT2D eigenvalue weighted by molar-refractivity contribution is 5.55. The third-order valence-corrected chi connectivity index (χ3v) is 1.61. The zero-order chi connectivity index (χ0) is 11.5. The fourth-order valence-electron chi connectivity index (χ4n) is 0.946. The molecule has 1 aromatic rings. The molecule has 0 spiro atoms. The highest BCUT2D eigenvalue weighted by Crippen LogP contribution is 2.27. The van der Waals surface area contributed by atoms with Crippen molar-refractivity contribution in [3.8, 4) is 11.5 Å². The highest BCUT2D eigenvalue weighted by Gasteiger charge is 2.28. The van der Waals surface area contributed by atoms with Crippen LogP contribution in [0.4, 0.5) is 18.9 Å². The quantitative estimate of drug-likeness (QED) is 0.796. The van der Waals surface area contributed by atoms with Gasteiger partial charge in [0.05, 0.1) is 12.8 Å². The number of rotatable bonds is 3. The Morgan fingerprint density at radius 2 is 2.00 bits per heavy atom. The third kappa shape index (κ3) is 3.57. The molecule has 1 rings (SSSR count). The summed E-state index contributed by atoms with van der Waals surface area (Å²) in [5, 5.41) is 0. The zero-order valence-corrected chi connectivity index (χ0v) is 7.97. The van der Waals surface area contributed by atoms with E-state index in [1.807, 2.05) is 0 Å². The van der Waals surface area contributed by atoms with E-state index in [1.165, 1.54) is 25.3 Å². The normalized spacial score (nSPS) is 11.2. The van der Waals surface area contributed by atoms with Gasteiger partial charge >= 0.3 is 6.18 Å². The Balaban J connectivity index is 2.70. The van der Waals surface area contributed by atoms with Crippen molar-refractivity contribution in [2.24, 2.45) is 0 Å². The molecule has 15 heavy (non-hydrogen) atoms. The molecule has 84 valence electrons. The molecular weight excluding hydrogens is 211 g/mol. The largest absolute Gasteiger partial charge is 0.494 e. The number of halogens is 3. The van der Waals surface area contributed by atoms with Crippen LogP contribution in [0.1, 0.15) is 0 Å². The summed E-state index contributed by atoms with van der Waals surface area (Å²) in [6.07, 6.45) is -4.35. The van der Waals surface area contributed by atoms with Crippen molar-refractivity contribution in [3.63, 3.8) is 0 Å². The van der Waals surface area contributed by atoms with E-state index in [0.29, 0.717) is 5.69 Å². The van der Waals surface area contributed by atoms with Crippen LogP contribution in [-0.4, -0.2) is 19.9 Å². The first-order valence-electron chi connectivity index (χ1n) is 4.05. The van der Waals surface area contributed by atoms with Gasteiger partial charge in [-0.1, -0.05) is 0 Å². The van der Waals surface area contributed by atoms with Crippen LogP contribution in [0.3, 0.4) is 0 Å². The monoisotopic (exact) mass is 221 g/mol. The summed E-state index contributed by atoms with van der Waals surface area (Å²) in [6.45, 7) is -1.33. The van der Waals surface area contributed by atoms with Crippen LogP contribution >= 0.6 is 0 Å². The molecule has 0 aliphatic rings. The van der Waals surface area contributed by atoms with Gasteiger partial charge in [0.15, 0.2) is 6.61 Å². The summed E-state index contributed by atoms with van der Waals surface area (Å²) in [6, 6.07) is 4.08. The van der Waals surface area contributed by atoms with Gasteiger partial charge in [0.2, 0.25) is 0 Å². The van der Waals surface area contributed by atoms with Crippen LogP contribution in [0.25, 0.3) is 0 Å². The van der Waals surface area contributed by atoms with Crippen LogP contribution < -0.4 is 15.2 Å². The zero-order valence-electron chi connectivity index (χ0n) is 7.97. The fraction of sp³-hybridized carbons (Fsp3) is 0.333. The highest BCUT2D eigenvalue weighted by atomic mass is 19.4. The molecule has 0 atom stereocenters. The summed E-state index contributed by atoms with van der Waals surface area (Å²) in [7, 11) is 1.37. The van der Waals surface area contributed by atoms with E-state index in [9.17, 15) is 13.2 Å². The van der Waals surface area contributed by atoms with Crippen LogP contribution in [0.2, 0.25) is 0 Å². The number of anilines is 1. The van der Waals surface area contributed by atoms with E-state index in [1.54, 1.807) is 0 Å². The van der Waals surface area contributed by atoms with Gasteiger partial charge in [-0.2, -0.15) is 13.2 Å². The van der Waals surface area contributed by atoms with Gasteiger partial charge in [0, 0.05) is 6.07 Å². The molecule has 0 heterocycles. The lowest BCUT2D eigenvalue weighted by atomic mass is 10.3. The van der Waals surface area contributed by atoms with E-state index < -0.39 is 12.8 Å². The number of benzene rings is 1. The summed E-state index contributed by atoms with van der Waals surface area (Å²) in [4.78, 5) is 0. The Labute approximate surface area is 84.6 Å². The number of hydrogen-bond donors (Lipinski definition) is 1. The van der Waals surface area contributed by atoms with Gasteiger partial charge in [-0.3, -0.25) is 0 Å². The SMILES string of the molecule is COc1cc(OCC(F)(F)F)ccc1N. The molecule has 0 fully saturated rings. The maximum absolute atomic E-state index is 11.8. The first kappa shape index (κ1) is 11.5. The van der Waals surface area contributed by atoms with Gasteiger partial charge in [-0.15, -0.1) is 0 Å². The van der Waals surface area contributed by atoms with Crippen LogP contribution in [0.5, 0.6) is 11.5 Å². The van der Waals surface area contributed by atoms with Gasteiger partial charge in [0.1, 0.15) is 11.5 Å². The third-order valence-electron chi connectivity index (χ3n) is 1.61. The molecule has 0 radical (unpaired) electrons. The van der Waals surface area contributed by atoms with E-state index in [4.69, 9.17) is 10.5 Å². The van der Waals surface area contributed by atoms with Gasteiger partial charge in [-0.05, 0) is 12.1 Å². The van der Waals surface area contributed by atoms with Crippen molar-refractivity contribution < 1.29 is 22.6 Å². The van der Waals surface area contributed by atoms with E-state index in [2.05, 4.69) is 4.74 Å². The summed E-state index contributed by atoms with van der Waals surface area (Å²) in [5.74, 6) is 0.355. The molecule has 0 saturated carbocycles. The van der Waals surface area contributed by atoms with Crippen molar-refractivity contribution >= 4 is 5.69 Å². The number of nitrogens with two attached hydrogens (primary N) is 1. The average Bonchev–Trinajstić information content (AvgIpc) is 2.15. The average molecular weight is 221 g/mol. The van der Waals surface area contributed by atoms with Crippen LogP contribution in [0.15, 0.2) is 18.2 Å². The summed E-state index contributed by atoms with van der Waals surface area (Å²) >= 11 is 0.